The van der Waals surface area contributed by atoms with Crippen molar-refractivity contribution in [3.05, 3.63) is 63.8 Å². The molecule has 3 rings (SSSR count). The molecule has 0 radical (unpaired) electrons. The van der Waals surface area contributed by atoms with Gasteiger partial charge in [-0.1, -0.05) is 18.1 Å². The molecule has 0 atom stereocenters. The maximum Gasteiger partial charge on any atom is 0.257 e. The van der Waals surface area contributed by atoms with Gasteiger partial charge < -0.3 is 14.4 Å². The van der Waals surface area contributed by atoms with E-state index in [0.29, 0.717) is 29.4 Å². The fraction of sp³-hybridized carbons (Fsp3) is 0.222. The van der Waals surface area contributed by atoms with Crippen molar-refractivity contribution in [2.75, 3.05) is 5.32 Å². The fourth-order valence-electron chi connectivity index (χ4n) is 2.29. The fourth-order valence-corrected chi connectivity index (χ4v) is 2.29. The summed E-state index contributed by atoms with van der Waals surface area (Å²) in [7, 11) is 1.63. The smallest absolute Gasteiger partial charge is 0.257 e. The molecule has 1 N–H and O–H groups in total. The first-order valence-corrected chi connectivity index (χ1v) is 7.89. The van der Waals surface area contributed by atoms with Crippen LogP contribution in [0.2, 0.25) is 0 Å². The van der Waals surface area contributed by atoms with Gasteiger partial charge in [0, 0.05) is 42.5 Å². The van der Waals surface area contributed by atoms with Gasteiger partial charge in [0.05, 0.1) is 0 Å². The summed E-state index contributed by atoms with van der Waals surface area (Å²) >= 11 is 0. The molecular formula is C18H18N4O3. The minimum absolute atomic E-state index is 0.240. The molecule has 0 spiro atoms. The second-order valence-corrected chi connectivity index (χ2v) is 5.72. The molecule has 0 aliphatic carbocycles. The van der Waals surface area contributed by atoms with Crippen LogP contribution in [0.1, 0.15) is 28.7 Å². The molecule has 128 valence electrons. The molecule has 7 heteroatoms. The topological polar surface area (TPSA) is 90.0 Å². The van der Waals surface area contributed by atoms with Crippen LogP contribution < -0.4 is 10.9 Å². The summed E-state index contributed by atoms with van der Waals surface area (Å²) in [5, 5.41) is 6.71. The van der Waals surface area contributed by atoms with E-state index < -0.39 is 0 Å². The Hall–Kier alpha value is -3.22. The van der Waals surface area contributed by atoms with Crippen molar-refractivity contribution >= 4 is 11.6 Å². The van der Waals surface area contributed by atoms with Crippen molar-refractivity contribution in [3.63, 3.8) is 0 Å². The van der Waals surface area contributed by atoms with Gasteiger partial charge in [-0.2, -0.15) is 4.98 Å². The van der Waals surface area contributed by atoms with Crippen molar-refractivity contribution in [1.82, 2.24) is 14.7 Å². The first-order valence-electron chi connectivity index (χ1n) is 7.89. The standard InChI is InChI=1S/C18H18N4O3/c1-4-15-20-18(25-21-15)13-6-5-11(2)14(9-13)19-17(24)12-7-8-22(3)16(23)10-12/h5-10H,4H2,1-3H3,(H,19,24). The number of nitrogens with one attached hydrogen (secondary N) is 1. The third-order valence-corrected chi connectivity index (χ3v) is 3.88. The number of aryl methyl sites for hydroxylation is 3. The van der Waals surface area contributed by atoms with E-state index >= 15 is 0 Å². The van der Waals surface area contributed by atoms with Gasteiger partial charge in [-0.3, -0.25) is 9.59 Å². The van der Waals surface area contributed by atoms with E-state index in [9.17, 15) is 9.59 Å². The Morgan fingerprint density at radius 2 is 2.08 bits per heavy atom. The Morgan fingerprint density at radius 1 is 1.28 bits per heavy atom. The molecular weight excluding hydrogens is 320 g/mol. The Bertz CT molecular complexity index is 988. The summed E-state index contributed by atoms with van der Waals surface area (Å²) in [6.07, 6.45) is 2.24. The number of carbonyl (C=O) groups excluding carboxylic acids is 1. The van der Waals surface area contributed by atoms with Crippen LogP contribution in [0.25, 0.3) is 11.5 Å². The maximum absolute atomic E-state index is 12.4. The summed E-state index contributed by atoms with van der Waals surface area (Å²) in [5.41, 5.74) is 2.29. The van der Waals surface area contributed by atoms with Crippen molar-refractivity contribution in [1.29, 1.82) is 0 Å². The monoisotopic (exact) mass is 338 g/mol. The highest BCUT2D eigenvalue weighted by Gasteiger charge is 2.13. The number of hydrogen-bond donors (Lipinski definition) is 1. The number of hydrogen-bond acceptors (Lipinski definition) is 5. The highest BCUT2D eigenvalue weighted by atomic mass is 16.5. The quantitative estimate of drug-likeness (QED) is 0.789. The molecule has 0 saturated heterocycles. The molecule has 1 aromatic carbocycles. The average molecular weight is 338 g/mol. The molecule has 0 unspecified atom stereocenters. The second kappa shape index (κ2) is 6.72. The van der Waals surface area contributed by atoms with Crippen LogP contribution in [-0.4, -0.2) is 20.6 Å². The second-order valence-electron chi connectivity index (χ2n) is 5.72. The predicted molar refractivity (Wildman–Crippen MR) is 93.5 cm³/mol. The van der Waals surface area contributed by atoms with Crippen LogP contribution in [-0.2, 0) is 13.5 Å². The number of anilines is 1. The minimum atomic E-state index is -0.349. The third-order valence-electron chi connectivity index (χ3n) is 3.88. The van der Waals surface area contributed by atoms with Gasteiger partial charge in [-0.05, 0) is 30.7 Å². The van der Waals surface area contributed by atoms with E-state index in [-0.39, 0.29) is 11.5 Å². The van der Waals surface area contributed by atoms with E-state index in [1.54, 1.807) is 25.4 Å². The van der Waals surface area contributed by atoms with Crippen LogP contribution in [0, 0.1) is 6.92 Å². The van der Waals surface area contributed by atoms with Gasteiger partial charge in [-0.25, -0.2) is 0 Å². The number of pyridine rings is 1. The zero-order valence-electron chi connectivity index (χ0n) is 14.2. The SMILES string of the molecule is CCc1noc(-c2ccc(C)c(NC(=O)c3ccn(C)c(=O)c3)c2)n1. The normalized spacial score (nSPS) is 10.7. The zero-order valence-corrected chi connectivity index (χ0v) is 14.2. The Morgan fingerprint density at radius 3 is 2.76 bits per heavy atom. The first-order chi connectivity index (χ1) is 12.0. The number of amides is 1. The van der Waals surface area contributed by atoms with Crippen LogP contribution in [0.15, 0.2) is 45.8 Å². The van der Waals surface area contributed by atoms with Gasteiger partial charge in [0.1, 0.15) is 0 Å². The molecule has 2 heterocycles. The number of nitrogens with zero attached hydrogens (tertiary/aromatic N) is 3. The van der Waals surface area contributed by atoms with E-state index in [1.807, 2.05) is 26.0 Å². The first kappa shape index (κ1) is 16.6. The van der Waals surface area contributed by atoms with Gasteiger partial charge in [0.15, 0.2) is 5.82 Å². The molecule has 0 saturated carbocycles. The van der Waals surface area contributed by atoms with Crippen LogP contribution >= 0.6 is 0 Å². The number of aromatic nitrogens is 3. The predicted octanol–water partition coefficient (Wildman–Crippen LogP) is 2.56. The Labute approximate surface area is 144 Å². The molecule has 1 amide bonds. The summed E-state index contributed by atoms with van der Waals surface area (Å²) < 4.78 is 6.64. The lowest BCUT2D eigenvalue weighted by Crippen LogP contribution is -2.20. The van der Waals surface area contributed by atoms with E-state index in [0.717, 1.165) is 11.1 Å². The van der Waals surface area contributed by atoms with Gasteiger partial charge in [0.25, 0.3) is 17.4 Å². The van der Waals surface area contributed by atoms with Gasteiger partial charge in [-0.15, -0.1) is 0 Å². The van der Waals surface area contributed by atoms with Crippen molar-refractivity contribution < 1.29 is 9.32 Å². The van der Waals surface area contributed by atoms with E-state index in [2.05, 4.69) is 15.5 Å². The summed E-state index contributed by atoms with van der Waals surface area (Å²) in [5.74, 6) is 0.681. The summed E-state index contributed by atoms with van der Waals surface area (Å²) in [6.45, 7) is 3.83. The number of benzene rings is 1. The molecule has 2 aromatic heterocycles. The van der Waals surface area contributed by atoms with Crippen molar-refractivity contribution in [2.45, 2.75) is 20.3 Å². The van der Waals surface area contributed by atoms with Crippen molar-refractivity contribution in [2.24, 2.45) is 7.05 Å². The Kier molecular flexibility index (Phi) is 4.47. The Balaban J connectivity index is 1.88. The molecule has 0 fully saturated rings. The lowest BCUT2D eigenvalue weighted by Gasteiger charge is -2.10. The minimum Gasteiger partial charge on any atom is -0.334 e. The third kappa shape index (κ3) is 3.50. The lowest BCUT2D eigenvalue weighted by molar-refractivity contribution is 0.102. The lowest BCUT2D eigenvalue weighted by atomic mass is 10.1. The van der Waals surface area contributed by atoms with Crippen LogP contribution in [0.5, 0.6) is 0 Å². The van der Waals surface area contributed by atoms with Crippen LogP contribution in [0.3, 0.4) is 0 Å². The van der Waals surface area contributed by atoms with Crippen molar-refractivity contribution in [3.8, 4) is 11.5 Å². The van der Waals surface area contributed by atoms with E-state index in [1.165, 1.54) is 10.6 Å². The molecule has 3 aromatic rings. The van der Waals surface area contributed by atoms with Crippen LogP contribution in [0.4, 0.5) is 5.69 Å². The highest BCUT2D eigenvalue weighted by Crippen LogP contribution is 2.24. The molecule has 0 aliphatic heterocycles. The summed E-state index contributed by atoms with van der Waals surface area (Å²) in [4.78, 5) is 28.4. The van der Waals surface area contributed by atoms with E-state index in [4.69, 9.17) is 4.52 Å². The number of rotatable bonds is 4. The molecule has 0 bridgehead atoms. The highest BCUT2D eigenvalue weighted by molar-refractivity contribution is 6.04. The molecule has 0 aliphatic rings. The maximum atomic E-state index is 12.4. The largest absolute Gasteiger partial charge is 0.334 e. The molecule has 25 heavy (non-hydrogen) atoms. The average Bonchev–Trinajstić information content (AvgIpc) is 3.08. The zero-order chi connectivity index (χ0) is 18.0. The summed E-state index contributed by atoms with van der Waals surface area (Å²) in [6, 6.07) is 8.41. The number of carbonyl (C=O) groups is 1. The van der Waals surface area contributed by atoms with Gasteiger partial charge >= 0.3 is 0 Å². The molecule has 7 nitrogen and oxygen atoms in total. The van der Waals surface area contributed by atoms with Gasteiger partial charge in [0.2, 0.25) is 0 Å².